The van der Waals surface area contributed by atoms with Crippen molar-refractivity contribution in [3.8, 4) is 0 Å². The van der Waals surface area contributed by atoms with Gasteiger partial charge in [-0.2, -0.15) is 0 Å². The van der Waals surface area contributed by atoms with Crippen LogP contribution in [0, 0.1) is 6.26 Å². The first kappa shape index (κ1) is 31.1. The Labute approximate surface area is 203 Å². The Morgan fingerprint density at radius 3 is 2.36 bits per heavy atom. The maximum atomic E-state index is 11.4. The van der Waals surface area contributed by atoms with E-state index in [0.29, 0.717) is 5.75 Å². The first-order valence-corrected chi connectivity index (χ1v) is 11.5. The van der Waals surface area contributed by atoms with Crippen LogP contribution in [0.25, 0.3) is 5.73 Å². The Balaban J connectivity index is -0.000000418. The van der Waals surface area contributed by atoms with Crippen molar-refractivity contribution in [1.29, 1.82) is 0 Å². The van der Waals surface area contributed by atoms with E-state index in [1.165, 1.54) is 31.6 Å². The predicted octanol–water partition coefficient (Wildman–Crippen LogP) is 0.767. The van der Waals surface area contributed by atoms with Crippen LogP contribution in [-0.4, -0.2) is 58.4 Å². The molecule has 0 aromatic carbocycles. The van der Waals surface area contributed by atoms with E-state index < -0.39 is 18.0 Å². The van der Waals surface area contributed by atoms with Crippen LogP contribution < -0.4 is 5.32 Å². The molecule has 0 spiro atoms. The third-order valence-electron chi connectivity index (χ3n) is 2.33. The summed E-state index contributed by atoms with van der Waals surface area (Å²) >= 11 is 1.67. The number of hydrogen-bond acceptors (Lipinski definition) is 7. The Kier molecular flexibility index (Phi) is 25.0. The smallest absolute Gasteiger partial charge is 0.113 e. The van der Waals surface area contributed by atoms with Crippen molar-refractivity contribution >= 4 is 45.5 Å². The topological polar surface area (TPSA) is 119 Å². The number of hydrogen-bond donors (Lipinski definition) is 1. The summed E-state index contributed by atoms with van der Waals surface area (Å²) in [5, 5.41) is 2.70. The summed E-state index contributed by atoms with van der Waals surface area (Å²) < 4.78 is 4.84. The Morgan fingerprint density at radius 1 is 1.44 bits per heavy atom. The first-order chi connectivity index (χ1) is 11.2. The number of rotatable bonds is 10. The van der Waals surface area contributed by atoms with Crippen LogP contribution in [-0.2, 0) is 91.1 Å². The molecule has 2 atom stereocenters. The molecule has 1 radical (unpaired) electrons. The summed E-state index contributed by atoms with van der Waals surface area (Å²) in [5.74, 6) is -0.256. The third-order valence-corrected chi connectivity index (χ3v) is 5.87. The fraction of sp³-hybridized carbons (Fsp3) is 0.583. The zero-order valence-corrected chi connectivity index (χ0v) is 24.1. The molecule has 2 amide bonds. The molecule has 0 rings (SSSR count). The quantitative estimate of drug-likeness (QED) is 0.197. The molecule has 13 heteroatoms. The van der Waals surface area contributed by atoms with Gasteiger partial charge in [0.1, 0.15) is 5.78 Å². The third kappa shape index (κ3) is 18.5. The van der Waals surface area contributed by atoms with Crippen molar-refractivity contribution in [1.82, 2.24) is 5.32 Å². The molecule has 2 N–H and O–H groups in total. The predicted molar refractivity (Wildman–Crippen MR) is 84.9 cm³/mol. The minimum Gasteiger partial charge on any atom is -0.668 e. The van der Waals surface area contributed by atoms with E-state index in [2.05, 4.69) is 15.1 Å². The van der Waals surface area contributed by atoms with Crippen molar-refractivity contribution in [2.45, 2.75) is 25.4 Å². The van der Waals surface area contributed by atoms with E-state index in [9.17, 15) is 19.2 Å². The fourth-order valence-electron chi connectivity index (χ4n) is 0.938. The molecule has 0 heterocycles. The van der Waals surface area contributed by atoms with Gasteiger partial charge in [-0.15, -0.1) is 10.8 Å². The fourth-order valence-corrected chi connectivity index (χ4v) is 3.10. The number of carbonyl (C=O) groups excluding carboxylic acids is 4. The Hall–Kier alpha value is 1.38. The molecule has 0 saturated carbocycles. The van der Waals surface area contributed by atoms with Gasteiger partial charge in [0.05, 0.1) is 0 Å². The average Bonchev–Trinajstić information content (AvgIpc) is 2.57. The van der Waals surface area contributed by atoms with E-state index in [0.717, 1.165) is 39.3 Å². The number of nitrogens with zero attached hydrogens (tertiary/aromatic N) is 2. The van der Waals surface area contributed by atoms with Crippen LogP contribution >= 0.6 is 21.6 Å². The Morgan fingerprint density at radius 2 is 2.00 bits per heavy atom. The SMILES string of the molecule is CNC([C-]=O)C[N+](=[W])C(=O)CC(=O)[N]=[W].[CH2-]SSCC([NH-])C(C)=O.[Y]. The van der Waals surface area contributed by atoms with E-state index in [-0.39, 0.29) is 57.4 Å². The summed E-state index contributed by atoms with van der Waals surface area (Å²) in [7, 11) is 4.39. The largest absolute Gasteiger partial charge is 0.668 e. The van der Waals surface area contributed by atoms with E-state index in [1.54, 1.807) is 13.3 Å². The van der Waals surface area contributed by atoms with Gasteiger partial charge in [-0.25, -0.2) is 0 Å². The summed E-state index contributed by atoms with van der Waals surface area (Å²) in [5.41, 5.74) is 7.12. The van der Waals surface area contributed by atoms with Gasteiger partial charge in [0, 0.05) is 32.7 Å². The molecule has 0 aliphatic rings. The number of amides is 2. The molecule has 8 nitrogen and oxygen atoms in total. The Bertz CT molecular complexity index is 486. The van der Waals surface area contributed by atoms with Crippen molar-refractivity contribution in [2.75, 3.05) is 19.3 Å². The van der Waals surface area contributed by atoms with Gasteiger partial charge in [0.25, 0.3) is 0 Å². The molecule has 139 valence electrons. The van der Waals surface area contributed by atoms with Crippen molar-refractivity contribution in [3.63, 3.8) is 0 Å². The molecule has 2 unspecified atom stereocenters. The maximum absolute atomic E-state index is 11.4. The van der Waals surface area contributed by atoms with Crippen LogP contribution in [0.3, 0.4) is 0 Å². The monoisotopic (exact) mass is 803 g/mol. The van der Waals surface area contributed by atoms with Gasteiger partial charge < -0.3 is 10.5 Å². The minimum absolute atomic E-state index is 0. The molecule has 0 aromatic heterocycles. The molecule has 0 saturated heterocycles. The van der Waals surface area contributed by atoms with Gasteiger partial charge in [-0.1, -0.05) is 6.04 Å². The maximum Gasteiger partial charge on any atom is 0.113 e. The van der Waals surface area contributed by atoms with Crippen molar-refractivity contribution < 1.29 is 94.2 Å². The molecular weight excluding hydrogens is 785 g/mol. The molecule has 0 aliphatic carbocycles. The number of carbonyl (C=O) groups is 3. The minimum atomic E-state index is -0.566. The zero-order valence-electron chi connectivity index (χ0n) is 13.7. The van der Waals surface area contributed by atoms with Gasteiger partial charge in [-0.3, -0.25) is 17.0 Å². The second-order valence-electron chi connectivity index (χ2n) is 4.14. The van der Waals surface area contributed by atoms with Crippen LogP contribution in [0.1, 0.15) is 13.3 Å². The van der Waals surface area contributed by atoms with Crippen molar-refractivity contribution in [3.05, 3.63) is 12.0 Å². The molecule has 0 aliphatic heterocycles. The average molecular weight is 803 g/mol. The van der Waals surface area contributed by atoms with Gasteiger partial charge in [0.2, 0.25) is 0 Å². The van der Waals surface area contributed by atoms with Gasteiger partial charge in [-0.05, 0) is 12.7 Å². The van der Waals surface area contributed by atoms with E-state index >= 15 is 0 Å². The van der Waals surface area contributed by atoms with Crippen LogP contribution in [0.15, 0.2) is 3.50 Å². The number of nitrogens with one attached hydrogen (secondary N) is 2. The normalized spacial score (nSPS) is 11.7. The molecule has 0 bridgehead atoms. The second kappa shape index (κ2) is 20.1. The summed E-state index contributed by atoms with van der Waals surface area (Å²) in [6.45, 7) is 1.67. The van der Waals surface area contributed by atoms with Crippen LogP contribution in [0.4, 0.5) is 0 Å². The summed E-state index contributed by atoms with van der Waals surface area (Å²) in [4.78, 5) is 43.1. The molecule has 0 aromatic rings. The summed E-state index contributed by atoms with van der Waals surface area (Å²) in [6, 6.07) is -1.07. The second-order valence-corrected chi connectivity index (χ2v) is 8.60. The number of Topliss-reactive ketones (excluding diaryl/α,β-unsaturated/α-hetero) is 1. The molecule has 25 heavy (non-hydrogen) atoms. The number of likely N-dealkylation sites (N-methyl/N-ethyl adjacent to an activating group) is 1. The number of ketones is 1. The summed E-state index contributed by atoms with van der Waals surface area (Å²) in [6.07, 6.45) is 5.04. The van der Waals surface area contributed by atoms with Crippen molar-refractivity contribution in [2.24, 2.45) is 3.50 Å². The van der Waals surface area contributed by atoms with Crippen LogP contribution in [0.2, 0.25) is 0 Å². The van der Waals surface area contributed by atoms with E-state index in [1.807, 2.05) is 0 Å². The molecular formula is C12H18N4O4S2W2Y-2. The zero-order chi connectivity index (χ0) is 19.1. The van der Waals surface area contributed by atoms with Gasteiger partial charge in [0.15, 0.2) is 0 Å². The van der Waals surface area contributed by atoms with Gasteiger partial charge >= 0.3 is 110 Å². The first-order valence-electron chi connectivity index (χ1n) is 6.37. The standard InChI is InChI=1S/C7H10N3O3.C5H9NOS2.2W.Y/c1-9-5(4-11)3-10-7(13)2-6(8)12;1-4(7)5(6)3-9-8-2;;;/h5,9H,2-3H2,1H3,(H,10,13);5-6H,2-3H2,1H3;;;/q-1;-2;;+2;/p-1. The van der Waals surface area contributed by atoms with E-state index in [4.69, 9.17) is 5.73 Å². The molecule has 0 fully saturated rings. The van der Waals surface area contributed by atoms with Crippen LogP contribution in [0.5, 0.6) is 0 Å².